The SMILES string of the molecule is CCC(=O)N1CCC(NS(=O)(=O)c2ccc(Cl)s2)CC1. The van der Waals surface area contributed by atoms with Crippen LogP contribution in [0.5, 0.6) is 0 Å². The van der Waals surface area contributed by atoms with Crippen molar-refractivity contribution in [2.45, 2.75) is 36.4 Å². The van der Waals surface area contributed by atoms with Crippen LogP contribution in [0.3, 0.4) is 0 Å². The number of amides is 1. The normalized spacial score (nSPS) is 17.4. The van der Waals surface area contributed by atoms with Crippen molar-refractivity contribution >= 4 is 38.9 Å². The predicted molar refractivity (Wildman–Crippen MR) is 79.5 cm³/mol. The minimum absolute atomic E-state index is 0.122. The standard InChI is InChI=1S/C12H17ClN2O3S2/c1-2-11(16)15-7-5-9(6-8-15)14-20(17,18)12-4-3-10(13)19-12/h3-4,9,14H,2,5-8H2,1H3. The highest BCUT2D eigenvalue weighted by Crippen LogP contribution is 2.26. The van der Waals surface area contributed by atoms with E-state index in [4.69, 9.17) is 11.6 Å². The minimum atomic E-state index is -3.50. The molecule has 0 atom stereocenters. The predicted octanol–water partition coefficient (Wildman–Crippen LogP) is 2.08. The van der Waals surface area contributed by atoms with Crippen LogP contribution in [-0.4, -0.2) is 38.4 Å². The molecule has 8 heteroatoms. The summed E-state index contributed by atoms with van der Waals surface area (Å²) in [7, 11) is -3.50. The number of nitrogens with one attached hydrogen (secondary N) is 1. The molecule has 1 aliphatic rings. The first-order valence-electron chi connectivity index (χ1n) is 6.48. The number of sulfonamides is 1. The molecule has 0 bridgehead atoms. The number of carbonyl (C=O) groups excluding carboxylic acids is 1. The first-order chi connectivity index (χ1) is 9.42. The van der Waals surface area contributed by atoms with Gasteiger partial charge in [-0.2, -0.15) is 0 Å². The zero-order valence-corrected chi connectivity index (χ0v) is 13.5. The molecule has 20 heavy (non-hydrogen) atoms. The maximum Gasteiger partial charge on any atom is 0.250 e. The topological polar surface area (TPSA) is 66.5 Å². The van der Waals surface area contributed by atoms with E-state index in [1.165, 1.54) is 6.07 Å². The summed E-state index contributed by atoms with van der Waals surface area (Å²) >= 11 is 6.80. The van der Waals surface area contributed by atoms with E-state index in [1.54, 1.807) is 11.0 Å². The first-order valence-corrected chi connectivity index (χ1v) is 9.15. The number of hydrogen-bond acceptors (Lipinski definition) is 4. The smallest absolute Gasteiger partial charge is 0.250 e. The van der Waals surface area contributed by atoms with Crippen LogP contribution in [0.1, 0.15) is 26.2 Å². The summed E-state index contributed by atoms with van der Waals surface area (Å²) < 4.78 is 27.7. The third kappa shape index (κ3) is 3.72. The summed E-state index contributed by atoms with van der Waals surface area (Å²) in [5, 5.41) is 0. The van der Waals surface area contributed by atoms with Crippen LogP contribution in [0.25, 0.3) is 0 Å². The monoisotopic (exact) mass is 336 g/mol. The van der Waals surface area contributed by atoms with Crippen LogP contribution in [0.2, 0.25) is 4.34 Å². The summed E-state index contributed by atoms with van der Waals surface area (Å²) in [6.45, 7) is 3.04. The Morgan fingerprint density at radius 3 is 2.60 bits per heavy atom. The molecule has 0 aliphatic carbocycles. The Bertz CT molecular complexity index is 577. The molecule has 0 unspecified atom stereocenters. The third-order valence-corrected chi connectivity index (χ3v) is 6.53. The number of rotatable bonds is 4. The maximum atomic E-state index is 12.1. The van der Waals surface area contributed by atoms with Gasteiger partial charge in [-0.05, 0) is 25.0 Å². The van der Waals surface area contributed by atoms with E-state index in [-0.39, 0.29) is 16.2 Å². The molecule has 0 saturated carbocycles. The largest absolute Gasteiger partial charge is 0.343 e. The molecule has 0 radical (unpaired) electrons. The summed E-state index contributed by atoms with van der Waals surface area (Å²) in [5.41, 5.74) is 0. The van der Waals surface area contributed by atoms with Gasteiger partial charge in [0.2, 0.25) is 15.9 Å². The van der Waals surface area contributed by atoms with Crippen LogP contribution in [0.4, 0.5) is 0 Å². The lowest BCUT2D eigenvalue weighted by Gasteiger charge is -2.32. The summed E-state index contributed by atoms with van der Waals surface area (Å²) in [6, 6.07) is 2.95. The molecule has 2 rings (SSSR count). The lowest BCUT2D eigenvalue weighted by Crippen LogP contribution is -2.46. The first kappa shape index (κ1) is 15.8. The van der Waals surface area contributed by atoms with Crippen molar-refractivity contribution in [2.75, 3.05) is 13.1 Å². The average Bonchev–Trinajstić information content (AvgIpc) is 2.86. The second-order valence-electron chi connectivity index (χ2n) is 4.69. The molecule has 0 spiro atoms. The Morgan fingerprint density at radius 1 is 1.45 bits per heavy atom. The minimum Gasteiger partial charge on any atom is -0.343 e. The Labute approximate surface area is 128 Å². The Morgan fingerprint density at radius 2 is 2.10 bits per heavy atom. The quantitative estimate of drug-likeness (QED) is 0.915. The molecule has 2 heterocycles. The van der Waals surface area contributed by atoms with E-state index >= 15 is 0 Å². The average molecular weight is 337 g/mol. The van der Waals surface area contributed by atoms with Crippen LogP contribution >= 0.6 is 22.9 Å². The van der Waals surface area contributed by atoms with Gasteiger partial charge in [0, 0.05) is 25.6 Å². The van der Waals surface area contributed by atoms with E-state index in [2.05, 4.69) is 4.72 Å². The van der Waals surface area contributed by atoms with Crippen molar-refractivity contribution in [1.82, 2.24) is 9.62 Å². The van der Waals surface area contributed by atoms with Crippen LogP contribution in [0.15, 0.2) is 16.3 Å². The van der Waals surface area contributed by atoms with E-state index in [0.717, 1.165) is 11.3 Å². The highest BCUT2D eigenvalue weighted by molar-refractivity contribution is 7.91. The van der Waals surface area contributed by atoms with Gasteiger partial charge in [-0.25, -0.2) is 13.1 Å². The van der Waals surface area contributed by atoms with Gasteiger partial charge in [-0.3, -0.25) is 4.79 Å². The van der Waals surface area contributed by atoms with Gasteiger partial charge in [-0.15, -0.1) is 11.3 Å². The Hall–Kier alpha value is -0.630. The van der Waals surface area contributed by atoms with Gasteiger partial charge >= 0.3 is 0 Å². The van der Waals surface area contributed by atoms with Gasteiger partial charge < -0.3 is 4.90 Å². The lowest BCUT2D eigenvalue weighted by molar-refractivity contribution is -0.131. The van der Waals surface area contributed by atoms with Crippen molar-refractivity contribution in [3.8, 4) is 0 Å². The molecule has 1 amide bonds. The van der Waals surface area contributed by atoms with Crippen molar-refractivity contribution in [3.05, 3.63) is 16.5 Å². The summed E-state index contributed by atoms with van der Waals surface area (Å²) in [5.74, 6) is 0.122. The number of carbonyl (C=O) groups is 1. The number of halogens is 1. The van der Waals surface area contributed by atoms with Gasteiger partial charge in [-0.1, -0.05) is 18.5 Å². The Kier molecular flexibility index (Phi) is 5.06. The highest BCUT2D eigenvalue weighted by Gasteiger charge is 2.26. The third-order valence-electron chi connectivity index (χ3n) is 3.29. The van der Waals surface area contributed by atoms with Crippen molar-refractivity contribution < 1.29 is 13.2 Å². The van der Waals surface area contributed by atoms with Gasteiger partial charge in [0.25, 0.3) is 0 Å². The van der Waals surface area contributed by atoms with Crippen LogP contribution in [-0.2, 0) is 14.8 Å². The van der Waals surface area contributed by atoms with Crippen molar-refractivity contribution in [2.24, 2.45) is 0 Å². The molecule has 0 aromatic carbocycles. The zero-order chi connectivity index (χ0) is 14.8. The molecule has 112 valence electrons. The number of hydrogen-bond donors (Lipinski definition) is 1. The van der Waals surface area contributed by atoms with Gasteiger partial charge in [0.05, 0.1) is 4.34 Å². The van der Waals surface area contributed by atoms with Crippen molar-refractivity contribution in [1.29, 1.82) is 0 Å². The number of nitrogens with zero attached hydrogens (tertiary/aromatic N) is 1. The van der Waals surface area contributed by atoms with Crippen LogP contribution < -0.4 is 4.72 Å². The molecule has 1 aromatic heterocycles. The molecular weight excluding hydrogens is 320 g/mol. The number of likely N-dealkylation sites (tertiary alicyclic amines) is 1. The fraction of sp³-hybridized carbons (Fsp3) is 0.583. The van der Waals surface area contributed by atoms with Crippen molar-refractivity contribution in [3.63, 3.8) is 0 Å². The molecule has 1 fully saturated rings. The molecule has 1 aliphatic heterocycles. The van der Waals surface area contributed by atoms with Gasteiger partial charge in [0.1, 0.15) is 4.21 Å². The second-order valence-corrected chi connectivity index (χ2v) is 8.34. The van der Waals surface area contributed by atoms with E-state index in [9.17, 15) is 13.2 Å². The molecular formula is C12H17ClN2O3S2. The molecule has 1 saturated heterocycles. The summed E-state index contributed by atoms with van der Waals surface area (Å²) in [4.78, 5) is 13.3. The Balaban J connectivity index is 1.94. The molecule has 1 aromatic rings. The summed E-state index contributed by atoms with van der Waals surface area (Å²) in [6.07, 6.45) is 1.78. The number of piperidine rings is 1. The zero-order valence-electron chi connectivity index (χ0n) is 11.1. The van der Waals surface area contributed by atoms with E-state index in [1.807, 2.05) is 6.92 Å². The lowest BCUT2D eigenvalue weighted by atomic mass is 10.1. The fourth-order valence-corrected chi connectivity index (χ4v) is 4.99. The van der Waals surface area contributed by atoms with Gasteiger partial charge in [0.15, 0.2) is 0 Å². The number of thiophene rings is 1. The second kappa shape index (κ2) is 6.43. The highest BCUT2D eigenvalue weighted by atomic mass is 35.5. The van der Waals surface area contributed by atoms with Crippen LogP contribution in [0, 0.1) is 0 Å². The fourth-order valence-electron chi connectivity index (χ4n) is 2.19. The maximum absolute atomic E-state index is 12.1. The van der Waals surface area contributed by atoms with E-state index in [0.29, 0.717) is 36.7 Å². The van der Waals surface area contributed by atoms with E-state index < -0.39 is 10.0 Å². The molecule has 5 nitrogen and oxygen atoms in total. The molecule has 1 N–H and O–H groups in total.